The molecule has 0 spiro atoms. The Kier molecular flexibility index (Phi) is 5.59. The number of hydrogen-bond donors (Lipinski definition) is 2. The third-order valence-corrected chi connectivity index (χ3v) is 5.86. The molecule has 1 aliphatic heterocycles. The van der Waals surface area contributed by atoms with E-state index in [1.165, 1.54) is 0 Å². The number of pyridine rings is 1. The zero-order valence-electron chi connectivity index (χ0n) is 18.3. The lowest BCUT2D eigenvalue weighted by Gasteiger charge is -2.21. The van der Waals surface area contributed by atoms with Gasteiger partial charge in [0, 0.05) is 25.4 Å². The van der Waals surface area contributed by atoms with Crippen LogP contribution in [0.3, 0.4) is 0 Å². The van der Waals surface area contributed by atoms with Crippen LogP contribution < -0.4 is 10.2 Å². The molecule has 4 aromatic rings. The summed E-state index contributed by atoms with van der Waals surface area (Å²) < 4.78 is 1.95. The monoisotopic (exact) mass is 440 g/mol. The molecular formula is C24H24N8O. The summed E-state index contributed by atoms with van der Waals surface area (Å²) in [5.74, 6) is 2.26. The summed E-state index contributed by atoms with van der Waals surface area (Å²) in [6, 6.07) is 16.0. The fourth-order valence-corrected chi connectivity index (χ4v) is 4.14. The molecular weight excluding hydrogens is 416 g/mol. The van der Waals surface area contributed by atoms with Gasteiger partial charge in [-0.1, -0.05) is 6.07 Å². The van der Waals surface area contributed by atoms with E-state index in [4.69, 9.17) is 4.98 Å². The SMILES string of the molecule is Cc1ccc(Nc2ccc3c(c2)ncn3-c2ccc(CCO)c(N3CCC(C#N)C3)n2)nn1. The number of nitrogens with one attached hydrogen (secondary N) is 1. The summed E-state index contributed by atoms with van der Waals surface area (Å²) in [6.45, 7) is 3.40. The number of imidazole rings is 1. The van der Waals surface area contributed by atoms with Gasteiger partial charge >= 0.3 is 0 Å². The summed E-state index contributed by atoms with van der Waals surface area (Å²) in [7, 11) is 0. The summed E-state index contributed by atoms with van der Waals surface area (Å²) in [4.78, 5) is 11.6. The number of aliphatic hydroxyl groups excluding tert-OH is 1. The molecule has 1 fully saturated rings. The lowest BCUT2D eigenvalue weighted by Crippen LogP contribution is -2.23. The highest BCUT2D eigenvalue weighted by Gasteiger charge is 2.25. The highest BCUT2D eigenvalue weighted by atomic mass is 16.3. The summed E-state index contributed by atoms with van der Waals surface area (Å²) in [6.07, 6.45) is 3.12. The van der Waals surface area contributed by atoms with Gasteiger partial charge in [-0.3, -0.25) is 4.57 Å². The van der Waals surface area contributed by atoms with E-state index in [2.05, 4.69) is 31.5 Å². The standard InChI is InChI=1S/C24H24N8O/c1-16-2-6-22(30-29-16)27-19-4-5-21-20(12-19)26-15-32(21)23-7-3-18(9-11-33)24(28-23)31-10-8-17(13-25)14-31/h2-7,12,15,17,33H,8-11,14H2,1H3,(H,27,30). The van der Waals surface area contributed by atoms with Gasteiger partial charge in [0.2, 0.25) is 0 Å². The minimum atomic E-state index is 0.00986. The minimum Gasteiger partial charge on any atom is -0.396 e. The van der Waals surface area contributed by atoms with Gasteiger partial charge in [-0.2, -0.15) is 10.4 Å². The van der Waals surface area contributed by atoms with Crippen molar-refractivity contribution in [3.05, 3.63) is 60.0 Å². The second kappa shape index (κ2) is 8.84. The zero-order valence-corrected chi connectivity index (χ0v) is 18.3. The molecule has 1 unspecified atom stereocenters. The van der Waals surface area contributed by atoms with Crippen LogP contribution in [-0.4, -0.2) is 49.5 Å². The lowest BCUT2D eigenvalue weighted by molar-refractivity contribution is 0.299. The third kappa shape index (κ3) is 4.21. The van der Waals surface area contributed by atoms with Crippen LogP contribution >= 0.6 is 0 Å². The van der Waals surface area contributed by atoms with Crippen molar-refractivity contribution >= 4 is 28.4 Å². The third-order valence-electron chi connectivity index (χ3n) is 5.86. The smallest absolute Gasteiger partial charge is 0.153 e. The number of aromatic nitrogens is 5. The Labute approximate surface area is 191 Å². The molecule has 0 amide bonds. The Morgan fingerprint density at radius 3 is 2.85 bits per heavy atom. The highest BCUT2D eigenvalue weighted by Crippen LogP contribution is 2.28. The predicted molar refractivity (Wildman–Crippen MR) is 126 cm³/mol. The maximum atomic E-state index is 9.50. The van der Waals surface area contributed by atoms with Gasteiger partial charge < -0.3 is 15.3 Å². The Bertz CT molecular complexity index is 1320. The van der Waals surface area contributed by atoms with Crippen molar-refractivity contribution in [3.8, 4) is 11.9 Å². The molecule has 33 heavy (non-hydrogen) atoms. The molecule has 2 N–H and O–H groups in total. The van der Waals surface area contributed by atoms with Gasteiger partial charge in [-0.15, -0.1) is 5.10 Å². The van der Waals surface area contributed by atoms with Gasteiger partial charge in [0.1, 0.15) is 18.0 Å². The van der Waals surface area contributed by atoms with Crippen LogP contribution in [0.15, 0.2) is 48.8 Å². The van der Waals surface area contributed by atoms with Crippen LogP contribution in [-0.2, 0) is 6.42 Å². The molecule has 1 saturated heterocycles. The number of aliphatic hydroxyl groups is 1. The van der Waals surface area contributed by atoms with Crippen molar-refractivity contribution < 1.29 is 5.11 Å². The van der Waals surface area contributed by atoms with Gasteiger partial charge in [-0.05, 0) is 61.7 Å². The van der Waals surface area contributed by atoms with Crippen molar-refractivity contribution in [2.24, 2.45) is 5.92 Å². The lowest BCUT2D eigenvalue weighted by atomic mass is 10.1. The molecule has 0 bridgehead atoms. The number of benzene rings is 1. The van der Waals surface area contributed by atoms with Crippen LogP contribution in [0.25, 0.3) is 16.9 Å². The zero-order chi connectivity index (χ0) is 22.8. The first-order valence-electron chi connectivity index (χ1n) is 10.9. The topological polar surface area (TPSA) is 116 Å². The van der Waals surface area contributed by atoms with E-state index in [9.17, 15) is 10.4 Å². The van der Waals surface area contributed by atoms with Crippen LogP contribution in [0.1, 0.15) is 17.7 Å². The Morgan fingerprint density at radius 2 is 2.09 bits per heavy atom. The molecule has 0 aliphatic carbocycles. The van der Waals surface area contributed by atoms with Gasteiger partial charge in [0.05, 0.1) is 28.7 Å². The number of rotatable bonds is 6. The Morgan fingerprint density at radius 1 is 1.18 bits per heavy atom. The van der Waals surface area contributed by atoms with Crippen LogP contribution in [0.4, 0.5) is 17.3 Å². The number of anilines is 3. The molecule has 5 rings (SSSR count). The van der Waals surface area contributed by atoms with Crippen molar-refractivity contribution in [3.63, 3.8) is 0 Å². The average Bonchev–Trinajstić information content (AvgIpc) is 3.48. The molecule has 9 nitrogen and oxygen atoms in total. The van der Waals surface area contributed by atoms with E-state index >= 15 is 0 Å². The summed E-state index contributed by atoms with van der Waals surface area (Å²) in [5.41, 5.74) is 4.48. The van der Waals surface area contributed by atoms with E-state index < -0.39 is 0 Å². The second-order valence-electron chi connectivity index (χ2n) is 8.19. The largest absolute Gasteiger partial charge is 0.396 e. The molecule has 3 aromatic heterocycles. The first-order valence-corrected chi connectivity index (χ1v) is 10.9. The molecule has 0 radical (unpaired) electrons. The molecule has 9 heteroatoms. The van der Waals surface area contributed by atoms with Crippen LogP contribution in [0.5, 0.6) is 0 Å². The number of fused-ring (bicyclic) bond motifs is 1. The number of nitrogens with zero attached hydrogens (tertiary/aromatic N) is 7. The van der Waals surface area contributed by atoms with Crippen molar-refractivity contribution in [2.45, 2.75) is 19.8 Å². The maximum absolute atomic E-state index is 9.50. The molecule has 4 heterocycles. The number of hydrogen-bond acceptors (Lipinski definition) is 8. The molecule has 0 saturated carbocycles. The molecule has 1 atom stereocenters. The molecule has 166 valence electrons. The second-order valence-corrected chi connectivity index (χ2v) is 8.19. The number of aryl methyl sites for hydroxylation is 1. The quantitative estimate of drug-likeness (QED) is 0.470. The van der Waals surface area contributed by atoms with Crippen LogP contribution in [0.2, 0.25) is 0 Å². The predicted octanol–water partition coefficient (Wildman–Crippen LogP) is 3.15. The van der Waals surface area contributed by atoms with Crippen molar-refractivity contribution in [2.75, 3.05) is 29.9 Å². The first-order chi connectivity index (χ1) is 16.1. The molecule has 1 aromatic carbocycles. The van der Waals surface area contributed by atoms with Gasteiger partial charge in [0.15, 0.2) is 5.82 Å². The van der Waals surface area contributed by atoms with Gasteiger partial charge in [-0.25, -0.2) is 9.97 Å². The van der Waals surface area contributed by atoms with Gasteiger partial charge in [0.25, 0.3) is 0 Å². The van der Waals surface area contributed by atoms with E-state index in [1.807, 2.05) is 54.0 Å². The average molecular weight is 441 g/mol. The van der Waals surface area contributed by atoms with E-state index in [-0.39, 0.29) is 12.5 Å². The van der Waals surface area contributed by atoms with Crippen LogP contribution in [0, 0.1) is 24.2 Å². The fraction of sp³-hybridized carbons (Fsp3) is 0.292. The van der Waals surface area contributed by atoms with E-state index in [0.717, 1.165) is 52.6 Å². The normalized spacial score (nSPS) is 15.7. The van der Waals surface area contributed by atoms with Crippen molar-refractivity contribution in [1.82, 2.24) is 24.7 Å². The Balaban J connectivity index is 1.46. The van der Waals surface area contributed by atoms with E-state index in [1.54, 1.807) is 6.33 Å². The summed E-state index contributed by atoms with van der Waals surface area (Å²) >= 11 is 0. The Hall–Kier alpha value is -4.03. The molecule has 1 aliphatic rings. The fourth-order valence-electron chi connectivity index (χ4n) is 4.14. The maximum Gasteiger partial charge on any atom is 0.153 e. The minimum absolute atomic E-state index is 0.00986. The summed E-state index contributed by atoms with van der Waals surface area (Å²) in [5, 5.41) is 30.3. The van der Waals surface area contributed by atoms with Crippen molar-refractivity contribution in [1.29, 1.82) is 5.26 Å². The highest BCUT2D eigenvalue weighted by molar-refractivity contribution is 5.82. The first kappa shape index (κ1) is 20.8. The van der Waals surface area contributed by atoms with E-state index in [0.29, 0.717) is 18.8 Å². The number of nitriles is 1.